The van der Waals surface area contributed by atoms with Gasteiger partial charge in [0.1, 0.15) is 0 Å². The maximum absolute atomic E-state index is 9.34. The molecular weight excluding hydrogens is 300 g/mol. The largest absolute Gasteiger partial charge is 0.396 e. The third kappa shape index (κ3) is 4.64. The predicted molar refractivity (Wildman–Crippen MR) is 99.7 cm³/mol. The highest BCUT2D eigenvalue weighted by Gasteiger charge is 2.21. The summed E-state index contributed by atoms with van der Waals surface area (Å²) in [5, 5.41) is 13.1. The van der Waals surface area contributed by atoms with Crippen LogP contribution in [0.1, 0.15) is 39.0 Å². The van der Waals surface area contributed by atoms with Gasteiger partial charge in [0.05, 0.1) is 11.4 Å². The topological polar surface area (TPSA) is 44.7 Å². The highest BCUT2D eigenvalue weighted by atomic mass is 16.5. The highest BCUT2D eigenvalue weighted by molar-refractivity contribution is 5.70. The third-order valence-corrected chi connectivity index (χ3v) is 5.55. The minimum Gasteiger partial charge on any atom is -0.396 e. The Kier molecular flexibility index (Phi) is 6.38. The van der Waals surface area contributed by atoms with Gasteiger partial charge in [-0.05, 0) is 63.0 Å². The zero-order chi connectivity index (χ0) is 16.8. The van der Waals surface area contributed by atoms with E-state index in [1.807, 2.05) is 0 Å². The molecule has 1 unspecified atom stereocenters. The molecule has 0 bridgehead atoms. The maximum atomic E-state index is 9.34. The number of nitrogens with one attached hydrogen (secondary N) is 1. The average molecular weight is 332 g/mol. The number of benzene rings is 1. The number of para-hydroxylation sites is 2. The van der Waals surface area contributed by atoms with E-state index in [2.05, 4.69) is 41.4 Å². The Labute approximate surface area is 146 Å². The molecule has 0 aromatic heterocycles. The molecule has 0 radical (unpaired) electrons. The van der Waals surface area contributed by atoms with Crippen LogP contribution in [0.3, 0.4) is 0 Å². The van der Waals surface area contributed by atoms with Gasteiger partial charge in [-0.25, -0.2) is 0 Å². The molecule has 2 aliphatic heterocycles. The van der Waals surface area contributed by atoms with Crippen LogP contribution in [0, 0.1) is 11.8 Å². The molecule has 0 amide bonds. The van der Waals surface area contributed by atoms with Gasteiger partial charge in [-0.15, -0.1) is 0 Å². The summed E-state index contributed by atoms with van der Waals surface area (Å²) in [5.41, 5.74) is 2.56. The Morgan fingerprint density at radius 1 is 1.12 bits per heavy atom. The van der Waals surface area contributed by atoms with Gasteiger partial charge in [-0.2, -0.15) is 0 Å². The van der Waals surface area contributed by atoms with Crippen LogP contribution < -0.4 is 10.2 Å². The van der Waals surface area contributed by atoms with Crippen molar-refractivity contribution in [3.8, 4) is 0 Å². The molecule has 1 atom stereocenters. The van der Waals surface area contributed by atoms with Gasteiger partial charge in [-0.3, -0.25) is 0 Å². The molecule has 4 heteroatoms. The van der Waals surface area contributed by atoms with Crippen LogP contribution in [0.15, 0.2) is 24.3 Å². The monoisotopic (exact) mass is 332 g/mol. The second-order valence-electron chi connectivity index (χ2n) is 7.47. The van der Waals surface area contributed by atoms with Crippen molar-refractivity contribution >= 4 is 11.4 Å². The lowest BCUT2D eigenvalue weighted by molar-refractivity contribution is 0.0629. The number of nitrogens with zero attached hydrogens (tertiary/aromatic N) is 1. The molecule has 2 saturated heterocycles. The number of hydrogen-bond donors (Lipinski definition) is 2. The van der Waals surface area contributed by atoms with E-state index in [0.29, 0.717) is 18.6 Å². The van der Waals surface area contributed by atoms with E-state index >= 15 is 0 Å². The highest BCUT2D eigenvalue weighted by Crippen LogP contribution is 2.31. The van der Waals surface area contributed by atoms with Crippen LogP contribution in [0.5, 0.6) is 0 Å². The van der Waals surface area contributed by atoms with Gasteiger partial charge >= 0.3 is 0 Å². The Morgan fingerprint density at radius 3 is 2.54 bits per heavy atom. The Hall–Kier alpha value is -1.26. The Bertz CT molecular complexity index is 494. The first-order valence-corrected chi connectivity index (χ1v) is 9.55. The molecule has 134 valence electrons. The second-order valence-corrected chi connectivity index (χ2v) is 7.47. The zero-order valence-corrected chi connectivity index (χ0v) is 14.9. The summed E-state index contributed by atoms with van der Waals surface area (Å²) in [6, 6.07) is 9.15. The first-order valence-electron chi connectivity index (χ1n) is 9.55. The molecule has 2 heterocycles. The van der Waals surface area contributed by atoms with E-state index in [1.54, 1.807) is 0 Å². The van der Waals surface area contributed by atoms with Crippen LogP contribution in [-0.2, 0) is 4.74 Å². The standard InChI is InChI=1S/C20H32N2O2/c1-16(14-17-8-12-24-13-9-17)21-19-4-2-3-5-20(19)22-10-6-18(15-23)7-11-22/h2-5,16-18,21,23H,6-15H2,1H3. The van der Waals surface area contributed by atoms with E-state index in [1.165, 1.54) is 30.6 Å². The van der Waals surface area contributed by atoms with Crippen molar-refractivity contribution in [1.82, 2.24) is 0 Å². The van der Waals surface area contributed by atoms with Crippen molar-refractivity contribution in [2.24, 2.45) is 11.8 Å². The van der Waals surface area contributed by atoms with Crippen LogP contribution in [0.25, 0.3) is 0 Å². The molecule has 2 N–H and O–H groups in total. The first-order chi connectivity index (χ1) is 11.8. The summed E-state index contributed by atoms with van der Waals surface area (Å²) >= 11 is 0. The van der Waals surface area contributed by atoms with Crippen molar-refractivity contribution in [1.29, 1.82) is 0 Å². The van der Waals surface area contributed by atoms with Crippen LogP contribution in [0.2, 0.25) is 0 Å². The van der Waals surface area contributed by atoms with Crippen LogP contribution in [0.4, 0.5) is 11.4 Å². The molecule has 2 aliphatic rings. The van der Waals surface area contributed by atoms with Gasteiger partial charge in [0.25, 0.3) is 0 Å². The number of aliphatic hydroxyl groups is 1. The molecular formula is C20H32N2O2. The molecule has 4 nitrogen and oxygen atoms in total. The number of piperidine rings is 1. The average Bonchev–Trinajstić information content (AvgIpc) is 2.63. The molecule has 1 aromatic rings. The molecule has 1 aromatic carbocycles. The predicted octanol–water partition coefficient (Wildman–Crippen LogP) is 3.51. The van der Waals surface area contributed by atoms with Gasteiger partial charge in [-0.1, -0.05) is 12.1 Å². The van der Waals surface area contributed by atoms with Crippen molar-refractivity contribution < 1.29 is 9.84 Å². The number of hydrogen-bond acceptors (Lipinski definition) is 4. The van der Waals surface area contributed by atoms with Crippen molar-refractivity contribution in [2.75, 3.05) is 43.1 Å². The van der Waals surface area contributed by atoms with E-state index in [4.69, 9.17) is 4.74 Å². The fraction of sp³-hybridized carbons (Fsp3) is 0.700. The molecule has 3 rings (SSSR count). The van der Waals surface area contributed by atoms with E-state index in [0.717, 1.165) is 45.1 Å². The minimum absolute atomic E-state index is 0.329. The number of aliphatic hydroxyl groups excluding tert-OH is 1. The Balaban J connectivity index is 1.59. The van der Waals surface area contributed by atoms with Crippen molar-refractivity contribution in [2.45, 2.75) is 45.1 Å². The van der Waals surface area contributed by atoms with Crippen LogP contribution in [-0.4, -0.2) is 44.1 Å². The summed E-state index contributed by atoms with van der Waals surface area (Å²) in [7, 11) is 0. The number of anilines is 2. The maximum Gasteiger partial charge on any atom is 0.0602 e. The van der Waals surface area contributed by atoms with Crippen LogP contribution >= 0.6 is 0 Å². The fourth-order valence-electron chi connectivity index (χ4n) is 4.03. The summed E-state index contributed by atoms with van der Waals surface area (Å²) in [6.45, 7) is 6.55. The molecule has 0 aliphatic carbocycles. The summed E-state index contributed by atoms with van der Waals surface area (Å²) in [5.74, 6) is 1.27. The van der Waals surface area contributed by atoms with Gasteiger partial charge in [0, 0.05) is 39.0 Å². The lowest BCUT2D eigenvalue weighted by Crippen LogP contribution is -2.35. The number of rotatable bonds is 6. The van der Waals surface area contributed by atoms with Gasteiger partial charge in [0.15, 0.2) is 0 Å². The fourth-order valence-corrected chi connectivity index (χ4v) is 4.03. The van der Waals surface area contributed by atoms with E-state index in [-0.39, 0.29) is 0 Å². The number of ether oxygens (including phenoxy) is 1. The van der Waals surface area contributed by atoms with E-state index < -0.39 is 0 Å². The molecule has 0 saturated carbocycles. The summed E-state index contributed by atoms with van der Waals surface area (Å²) in [4.78, 5) is 2.47. The summed E-state index contributed by atoms with van der Waals surface area (Å²) < 4.78 is 5.47. The second kappa shape index (κ2) is 8.72. The van der Waals surface area contributed by atoms with Gasteiger partial charge in [0.2, 0.25) is 0 Å². The lowest BCUT2D eigenvalue weighted by Gasteiger charge is -2.35. The van der Waals surface area contributed by atoms with Crippen molar-refractivity contribution in [3.05, 3.63) is 24.3 Å². The summed E-state index contributed by atoms with van der Waals surface area (Å²) in [6.07, 6.45) is 5.78. The SMILES string of the molecule is CC(CC1CCOCC1)Nc1ccccc1N1CCC(CO)CC1. The zero-order valence-electron chi connectivity index (χ0n) is 14.9. The normalized spacial score (nSPS) is 21.7. The minimum atomic E-state index is 0.329. The van der Waals surface area contributed by atoms with E-state index in [9.17, 15) is 5.11 Å². The van der Waals surface area contributed by atoms with Gasteiger partial charge < -0.3 is 20.1 Å². The third-order valence-electron chi connectivity index (χ3n) is 5.55. The molecule has 2 fully saturated rings. The van der Waals surface area contributed by atoms with Crippen molar-refractivity contribution in [3.63, 3.8) is 0 Å². The molecule has 0 spiro atoms. The smallest absolute Gasteiger partial charge is 0.0602 e. The quantitative estimate of drug-likeness (QED) is 0.837. The lowest BCUT2D eigenvalue weighted by atomic mass is 9.93. The Morgan fingerprint density at radius 2 is 1.83 bits per heavy atom. The first kappa shape index (κ1) is 17.6. The molecule has 24 heavy (non-hydrogen) atoms.